The molecule has 1 aliphatic rings. The second-order valence-electron chi connectivity index (χ2n) is 6.15. The van der Waals surface area contributed by atoms with Crippen LogP contribution in [-0.4, -0.2) is 30.4 Å². The summed E-state index contributed by atoms with van der Waals surface area (Å²) in [5, 5.41) is 3.08. The lowest BCUT2D eigenvalue weighted by Gasteiger charge is -2.40. The zero-order valence-electron chi connectivity index (χ0n) is 12.8. The van der Waals surface area contributed by atoms with Crippen LogP contribution in [0, 0.1) is 5.92 Å². The number of benzene rings is 1. The molecular formula is C16H23N3O. The average molecular weight is 273 g/mol. The largest absolute Gasteiger partial charge is 0.342 e. The molecule has 1 atom stereocenters. The highest BCUT2D eigenvalue weighted by Crippen LogP contribution is 2.23. The second kappa shape index (κ2) is 5.27. The molecule has 0 aromatic heterocycles. The zero-order valence-corrected chi connectivity index (χ0v) is 12.8. The molecule has 4 heteroatoms. The van der Waals surface area contributed by atoms with E-state index >= 15 is 0 Å². The Bertz CT molecular complexity index is 520. The molecule has 1 aromatic rings. The van der Waals surface area contributed by atoms with Crippen molar-refractivity contribution in [2.75, 3.05) is 11.9 Å². The molecule has 1 aliphatic heterocycles. The van der Waals surface area contributed by atoms with Crippen molar-refractivity contribution in [3.8, 4) is 0 Å². The van der Waals surface area contributed by atoms with E-state index in [1.165, 1.54) is 0 Å². The molecule has 0 saturated heterocycles. The monoisotopic (exact) mass is 273 g/mol. The van der Waals surface area contributed by atoms with Gasteiger partial charge < -0.3 is 10.2 Å². The number of amidine groups is 1. The third kappa shape index (κ3) is 2.69. The lowest BCUT2D eigenvalue weighted by atomic mass is 9.94. The molecule has 20 heavy (non-hydrogen) atoms. The van der Waals surface area contributed by atoms with Gasteiger partial charge in [-0.15, -0.1) is 0 Å². The lowest BCUT2D eigenvalue weighted by molar-refractivity contribution is -0.124. The van der Waals surface area contributed by atoms with Crippen molar-refractivity contribution in [2.45, 2.75) is 39.3 Å². The van der Waals surface area contributed by atoms with E-state index in [-0.39, 0.29) is 17.9 Å². The number of anilines is 1. The van der Waals surface area contributed by atoms with Crippen molar-refractivity contribution in [2.24, 2.45) is 10.9 Å². The molecule has 2 rings (SSSR count). The molecule has 1 amide bonds. The molecule has 0 saturated carbocycles. The van der Waals surface area contributed by atoms with Crippen molar-refractivity contribution in [3.63, 3.8) is 0 Å². The Balaban J connectivity index is 2.41. The van der Waals surface area contributed by atoms with Crippen molar-refractivity contribution in [1.29, 1.82) is 0 Å². The number of para-hydroxylation sites is 1. The number of nitrogens with one attached hydrogen (secondary N) is 1. The third-order valence-corrected chi connectivity index (χ3v) is 3.62. The van der Waals surface area contributed by atoms with Crippen LogP contribution in [0.2, 0.25) is 0 Å². The van der Waals surface area contributed by atoms with Crippen LogP contribution in [-0.2, 0) is 4.79 Å². The first-order valence-electron chi connectivity index (χ1n) is 7.02. The van der Waals surface area contributed by atoms with Gasteiger partial charge in [-0.05, 0) is 31.9 Å². The van der Waals surface area contributed by atoms with Gasteiger partial charge >= 0.3 is 0 Å². The molecule has 0 aliphatic carbocycles. The maximum Gasteiger partial charge on any atom is 0.245 e. The van der Waals surface area contributed by atoms with E-state index in [0.29, 0.717) is 0 Å². The van der Waals surface area contributed by atoms with Gasteiger partial charge in [0.1, 0.15) is 11.9 Å². The fourth-order valence-corrected chi connectivity index (χ4v) is 2.52. The minimum atomic E-state index is -0.465. The molecule has 0 unspecified atom stereocenters. The molecule has 1 aromatic carbocycles. The van der Waals surface area contributed by atoms with E-state index in [1.54, 1.807) is 0 Å². The summed E-state index contributed by atoms with van der Waals surface area (Å²) >= 11 is 0. The summed E-state index contributed by atoms with van der Waals surface area (Å²) in [4.78, 5) is 18.9. The van der Waals surface area contributed by atoms with Gasteiger partial charge in [0.25, 0.3) is 0 Å². The summed E-state index contributed by atoms with van der Waals surface area (Å²) in [5.41, 5.74) is 0.602. The highest BCUT2D eigenvalue weighted by Gasteiger charge is 2.39. The molecule has 0 fully saturated rings. The summed E-state index contributed by atoms with van der Waals surface area (Å²) in [5.74, 6) is 1.09. The number of nitrogens with zero attached hydrogens (tertiary/aromatic N) is 2. The normalized spacial score (nSPS) is 21.4. The number of likely N-dealkylation sites (N-methyl/N-ethyl adjacent to an activating group) is 1. The SMILES string of the molecule is CC(C)[C@@H]1N=C(N(C)c2ccccc2)C(C)(C)NC1=O. The number of carbonyl (C=O) groups excluding carboxylic acids is 1. The highest BCUT2D eigenvalue weighted by atomic mass is 16.2. The van der Waals surface area contributed by atoms with Crippen molar-refractivity contribution < 1.29 is 4.79 Å². The number of amides is 1. The van der Waals surface area contributed by atoms with Crippen molar-refractivity contribution >= 4 is 17.4 Å². The first-order valence-corrected chi connectivity index (χ1v) is 7.02. The van der Waals surface area contributed by atoms with Crippen LogP contribution in [0.15, 0.2) is 35.3 Å². The maximum absolute atomic E-state index is 12.1. The summed E-state index contributed by atoms with van der Waals surface area (Å²) in [6.07, 6.45) is 0. The molecule has 0 radical (unpaired) electrons. The van der Waals surface area contributed by atoms with E-state index in [9.17, 15) is 4.79 Å². The third-order valence-electron chi connectivity index (χ3n) is 3.62. The van der Waals surface area contributed by atoms with Crippen LogP contribution in [0.5, 0.6) is 0 Å². The number of rotatable bonds is 2. The second-order valence-corrected chi connectivity index (χ2v) is 6.15. The fourth-order valence-electron chi connectivity index (χ4n) is 2.52. The fraction of sp³-hybridized carbons (Fsp3) is 0.500. The molecule has 0 bridgehead atoms. The van der Waals surface area contributed by atoms with Gasteiger partial charge in [0.05, 0.1) is 5.54 Å². The maximum atomic E-state index is 12.1. The van der Waals surface area contributed by atoms with Gasteiger partial charge in [0.15, 0.2) is 0 Å². The molecule has 1 heterocycles. The Morgan fingerprint density at radius 2 is 1.85 bits per heavy atom. The van der Waals surface area contributed by atoms with Crippen LogP contribution in [0.1, 0.15) is 27.7 Å². The van der Waals surface area contributed by atoms with Crippen molar-refractivity contribution in [3.05, 3.63) is 30.3 Å². The van der Waals surface area contributed by atoms with E-state index < -0.39 is 5.54 Å². The average Bonchev–Trinajstić information content (AvgIpc) is 2.37. The quantitative estimate of drug-likeness (QED) is 0.899. The number of hydrogen-bond donors (Lipinski definition) is 1. The van der Waals surface area contributed by atoms with E-state index in [1.807, 2.05) is 65.1 Å². The van der Waals surface area contributed by atoms with E-state index in [4.69, 9.17) is 4.99 Å². The predicted molar refractivity (Wildman–Crippen MR) is 83.1 cm³/mol. The smallest absolute Gasteiger partial charge is 0.245 e. The van der Waals surface area contributed by atoms with Crippen LogP contribution in [0.3, 0.4) is 0 Å². The Morgan fingerprint density at radius 1 is 1.25 bits per heavy atom. The number of hydrogen-bond acceptors (Lipinski definition) is 3. The van der Waals surface area contributed by atoms with E-state index in [0.717, 1.165) is 11.5 Å². The van der Waals surface area contributed by atoms with Crippen LogP contribution >= 0.6 is 0 Å². The van der Waals surface area contributed by atoms with Crippen LogP contribution in [0.4, 0.5) is 5.69 Å². The Kier molecular flexibility index (Phi) is 3.84. The highest BCUT2D eigenvalue weighted by molar-refractivity contribution is 6.08. The summed E-state index contributed by atoms with van der Waals surface area (Å²) in [7, 11) is 1.99. The van der Waals surface area contributed by atoms with Gasteiger partial charge in [-0.1, -0.05) is 32.0 Å². The molecule has 108 valence electrons. The molecule has 0 spiro atoms. The minimum absolute atomic E-state index is 0.00946. The topological polar surface area (TPSA) is 44.7 Å². The van der Waals surface area contributed by atoms with Gasteiger partial charge in [-0.25, -0.2) is 0 Å². The Labute approximate surface area is 120 Å². The predicted octanol–water partition coefficient (Wildman–Crippen LogP) is 2.45. The van der Waals surface area contributed by atoms with Crippen LogP contribution in [0.25, 0.3) is 0 Å². The Morgan fingerprint density at radius 3 is 2.40 bits per heavy atom. The summed E-state index contributed by atoms with van der Waals surface area (Å²) in [6, 6.07) is 9.76. The van der Waals surface area contributed by atoms with E-state index in [2.05, 4.69) is 10.2 Å². The number of carbonyl (C=O) groups is 1. The van der Waals surface area contributed by atoms with Gasteiger partial charge in [-0.3, -0.25) is 9.79 Å². The van der Waals surface area contributed by atoms with Crippen LogP contribution < -0.4 is 10.2 Å². The molecule has 4 nitrogen and oxygen atoms in total. The lowest BCUT2D eigenvalue weighted by Crippen LogP contribution is -2.62. The Hall–Kier alpha value is -1.84. The molecular weight excluding hydrogens is 250 g/mol. The van der Waals surface area contributed by atoms with Crippen molar-refractivity contribution in [1.82, 2.24) is 5.32 Å². The first-order chi connectivity index (χ1) is 9.33. The summed E-state index contributed by atoms with van der Waals surface area (Å²) < 4.78 is 0. The minimum Gasteiger partial charge on any atom is -0.342 e. The van der Waals surface area contributed by atoms with Gasteiger partial charge in [0.2, 0.25) is 5.91 Å². The summed E-state index contributed by atoms with van der Waals surface area (Å²) in [6.45, 7) is 8.01. The van der Waals surface area contributed by atoms with Gasteiger partial charge in [-0.2, -0.15) is 0 Å². The first kappa shape index (κ1) is 14.6. The van der Waals surface area contributed by atoms with Gasteiger partial charge in [0, 0.05) is 12.7 Å². The molecule has 1 N–H and O–H groups in total. The zero-order chi connectivity index (χ0) is 14.9. The number of aliphatic imine (C=N–C) groups is 1. The standard InChI is InChI=1S/C16H23N3O/c1-11(2)13-14(20)18-16(3,4)15(17-13)19(5)12-9-7-6-8-10-12/h6-11,13H,1-5H3,(H,18,20)/t13-/m0/s1.